The number of para-hydroxylation sites is 1. The lowest BCUT2D eigenvalue weighted by Gasteiger charge is -2.15. The van der Waals surface area contributed by atoms with Gasteiger partial charge in [0.15, 0.2) is 11.5 Å². The molecule has 0 aromatic heterocycles. The number of hydrogen-bond acceptors (Lipinski definition) is 3. The van der Waals surface area contributed by atoms with Crippen molar-refractivity contribution in [2.24, 2.45) is 0 Å². The molecule has 0 amide bonds. The zero-order chi connectivity index (χ0) is 15.8. The highest BCUT2D eigenvalue weighted by atomic mass is 35.5. The standard InChI is InChI=1S/C19H23NO2.ClH/c1-4-12-20-13-17-6-5-7-18(21-3)19(17)22-14-16-10-8-15(2)9-11-16;/h4-11,20H,1,12-14H2,2-3H3;1H. The highest BCUT2D eigenvalue weighted by molar-refractivity contribution is 5.85. The summed E-state index contributed by atoms with van der Waals surface area (Å²) in [6, 6.07) is 14.3. The minimum absolute atomic E-state index is 0. The predicted molar refractivity (Wildman–Crippen MR) is 97.7 cm³/mol. The molecule has 0 spiro atoms. The van der Waals surface area contributed by atoms with Crippen LogP contribution >= 0.6 is 12.4 Å². The van der Waals surface area contributed by atoms with Gasteiger partial charge >= 0.3 is 0 Å². The SMILES string of the molecule is C=CCNCc1cccc(OC)c1OCc1ccc(C)cc1.Cl. The molecule has 0 bridgehead atoms. The second kappa shape index (κ2) is 9.93. The molecule has 23 heavy (non-hydrogen) atoms. The Bertz CT molecular complexity index is 611. The number of aryl methyl sites for hydroxylation is 1. The first-order valence-corrected chi connectivity index (χ1v) is 7.40. The summed E-state index contributed by atoms with van der Waals surface area (Å²) in [5.74, 6) is 1.55. The minimum Gasteiger partial charge on any atom is -0.493 e. The van der Waals surface area contributed by atoms with Crippen LogP contribution in [0.15, 0.2) is 55.1 Å². The van der Waals surface area contributed by atoms with Gasteiger partial charge in [-0.05, 0) is 18.6 Å². The van der Waals surface area contributed by atoms with E-state index in [9.17, 15) is 0 Å². The van der Waals surface area contributed by atoms with Gasteiger partial charge in [-0.3, -0.25) is 0 Å². The van der Waals surface area contributed by atoms with Crippen LogP contribution in [0.5, 0.6) is 11.5 Å². The fourth-order valence-corrected chi connectivity index (χ4v) is 2.17. The van der Waals surface area contributed by atoms with Gasteiger partial charge in [-0.25, -0.2) is 0 Å². The van der Waals surface area contributed by atoms with Crippen molar-refractivity contribution < 1.29 is 9.47 Å². The Morgan fingerprint density at radius 3 is 2.52 bits per heavy atom. The van der Waals surface area contributed by atoms with E-state index < -0.39 is 0 Å². The Morgan fingerprint density at radius 2 is 1.87 bits per heavy atom. The molecule has 0 saturated carbocycles. The van der Waals surface area contributed by atoms with E-state index in [2.05, 4.69) is 43.1 Å². The third-order valence-corrected chi connectivity index (χ3v) is 3.39. The van der Waals surface area contributed by atoms with E-state index in [1.54, 1.807) is 7.11 Å². The average molecular weight is 334 g/mol. The summed E-state index contributed by atoms with van der Waals surface area (Å²) < 4.78 is 11.5. The van der Waals surface area contributed by atoms with Crippen molar-refractivity contribution in [2.45, 2.75) is 20.1 Å². The van der Waals surface area contributed by atoms with Gasteiger partial charge in [-0.1, -0.05) is 48.0 Å². The molecule has 4 heteroatoms. The maximum atomic E-state index is 6.02. The molecule has 2 rings (SSSR count). The first kappa shape index (κ1) is 19.1. The summed E-state index contributed by atoms with van der Waals surface area (Å²) in [6.45, 7) is 7.79. The molecule has 3 nitrogen and oxygen atoms in total. The van der Waals surface area contributed by atoms with Gasteiger partial charge in [-0.15, -0.1) is 19.0 Å². The molecule has 0 aliphatic heterocycles. The monoisotopic (exact) mass is 333 g/mol. The molecule has 0 unspecified atom stereocenters. The fraction of sp³-hybridized carbons (Fsp3) is 0.263. The van der Waals surface area contributed by atoms with E-state index in [-0.39, 0.29) is 12.4 Å². The van der Waals surface area contributed by atoms with Crippen LogP contribution in [-0.2, 0) is 13.2 Å². The van der Waals surface area contributed by atoms with Gasteiger partial charge in [0.2, 0.25) is 0 Å². The number of halogens is 1. The van der Waals surface area contributed by atoms with Crippen LogP contribution in [0, 0.1) is 6.92 Å². The highest BCUT2D eigenvalue weighted by Gasteiger charge is 2.10. The summed E-state index contributed by atoms with van der Waals surface area (Å²) in [4.78, 5) is 0. The quantitative estimate of drug-likeness (QED) is 0.577. The molecular formula is C19H24ClNO2. The molecule has 2 aromatic carbocycles. The molecule has 0 heterocycles. The maximum Gasteiger partial charge on any atom is 0.166 e. The van der Waals surface area contributed by atoms with Crippen molar-refractivity contribution in [1.29, 1.82) is 0 Å². The molecule has 0 aliphatic rings. The second-order valence-corrected chi connectivity index (χ2v) is 5.14. The Labute approximate surface area is 144 Å². The lowest BCUT2D eigenvalue weighted by molar-refractivity contribution is 0.281. The summed E-state index contributed by atoms with van der Waals surface area (Å²) >= 11 is 0. The van der Waals surface area contributed by atoms with Gasteiger partial charge in [0.05, 0.1) is 7.11 Å². The van der Waals surface area contributed by atoms with E-state index in [1.165, 1.54) is 5.56 Å². The minimum atomic E-state index is 0. The number of hydrogen-bond donors (Lipinski definition) is 1. The van der Waals surface area contributed by atoms with Gasteiger partial charge in [0.1, 0.15) is 6.61 Å². The molecule has 1 N–H and O–H groups in total. The Hall–Kier alpha value is -1.97. The van der Waals surface area contributed by atoms with E-state index >= 15 is 0 Å². The molecular weight excluding hydrogens is 310 g/mol. The number of benzene rings is 2. The predicted octanol–water partition coefficient (Wildman–Crippen LogP) is 4.28. The first-order valence-electron chi connectivity index (χ1n) is 7.40. The summed E-state index contributed by atoms with van der Waals surface area (Å²) in [5.41, 5.74) is 3.46. The van der Waals surface area contributed by atoms with Crippen LogP contribution < -0.4 is 14.8 Å². The van der Waals surface area contributed by atoms with Crippen LogP contribution in [0.2, 0.25) is 0 Å². The fourth-order valence-electron chi connectivity index (χ4n) is 2.17. The first-order chi connectivity index (χ1) is 10.7. The Morgan fingerprint density at radius 1 is 1.13 bits per heavy atom. The summed E-state index contributed by atoms with van der Waals surface area (Å²) in [6.07, 6.45) is 1.84. The van der Waals surface area contributed by atoms with E-state index in [0.717, 1.165) is 29.2 Å². The molecule has 0 saturated heterocycles. The molecule has 0 fully saturated rings. The van der Waals surface area contributed by atoms with Crippen LogP contribution in [-0.4, -0.2) is 13.7 Å². The van der Waals surface area contributed by atoms with Crippen molar-refractivity contribution in [3.05, 3.63) is 71.8 Å². The molecule has 0 aliphatic carbocycles. The second-order valence-electron chi connectivity index (χ2n) is 5.14. The lowest BCUT2D eigenvalue weighted by atomic mass is 10.1. The Balaban J connectivity index is 0.00000264. The van der Waals surface area contributed by atoms with Crippen molar-refractivity contribution in [3.63, 3.8) is 0 Å². The van der Waals surface area contributed by atoms with Gasteiger partial charge in [0, 0.05) is 18.7 Å². The lowest BCUT2D eigenvalue weighted by Crippen LogP contribution is -2.14. The van der Waals surface area contributed by atoms with Crippen LogP contribution in [0.4, 0.5) is 0 Å². The van der Waals surface area contributed by atoms with E-state index in [4.69, 9.17) is 9.47 Å². The van der Waals surface area contributed by atoms with Crippen molar-refractivity contribution in [2.75, 3.05) is 13.7 Å². The smallest absolute Gasteiger partial charge is 0.166 e. The zero-order valence-electron chi connectivity index (χ0n) is 13.7. The molecule has 0 radical (unpaired) electrons. The largest absolute Gasteiger partial charge is 0.493 e. The average Bonchev–Trinajstić information content (AvgIpc) is 2.55. The summed E-state index contributed by atoms with van der Waals surface area (Å²) in [7, 11) is 1.66. The van der Waals surface area contributed by atoms with Crippen molar-refractivity contribution >= 4 is 12.4 Å². The van der Waals surface area contributed by atoms with Crippen molar-refractivity contribution in [3.8, 4) is 11.5 Å². The van der Waals surface area contributed by atoms with E-state index in [0.29, 0.717) is 13.2 Å². The maximum absolute atomic E-state index is 6.02. The normalized spacial score (nSPS) is 9.83. The third kappa shape index (κ3) is 5.62. The number of methoxy groups -OCH3 is 1. The number of rotatable bonds is 8. The number of nitrogens with one attached hydrogen (secondary N) is 1. The van der Waals surface area contributed by atoms with Gasteiger partial charge in [0.25, 0.3) is 0 Å². The van der Waals surface area contributed by atoms with Crippen LogP contribution in [0.3, 0.4) is 0 Å². The van der Waals surface area contributed by atoms with Crippen molar-refractivity contribution in [1.82, 2.24) is 5.32 Å². The van der Waals surface area contributed by atoms with Crippen LogP contribution in [0.25, 0.3) is 0 Å². The number of ether oxygens (including phenoxy) is 2. The van der Waals surface area contributed by atoms with Gasteiger partial charge < -0.3 is 14.8 Å². The summed E-state index contributed by atoms with van der Waals surface area (Å²) in [5, 5.41) is 3.30. The zero-order valence-corrected chi connectivity index (χ0v) is 14.5. The molecule has 2 aromatic rings. The molecule has 0 atom stereocenters. The third-order valence-electron chi connectivity index (χ3n) is 3.39. The topological polar surface area (TPSA) is 30.5 Å². The van der Waals surface area contributed by atoms with E-state index in [1.807, 2.05) is 24.3 Å². The highest BCUT2D eigenvalue weighted by Crippen LogP contribution is 2.31. The van der Waals surface area contributed by atoms with Crippen LogP contribution in [0.1, 0.15) is 16.7 Å². The Kier molecular flexibility index (Phi) is 8.23. The van der Waals surface area contributed by atoms with Gasteiger partial charge in [-0.2, -0.15) is 0 Å². The molecule has 124 valence electrons.